The summed E-state index contributed by atoms with van der Waals surface area (Å²) in [5.74, 6) is -0.552. The molecule has 0 radical (unpaired) electrons. The van der Waals surface area contributed by atoms with Crippen molar-refractivity contribution in [1.29, 1.82) is 0 Å². The summed E-state index contributed by atoms with van der Waals surface area (Å²) in [6.07, 6.45) is 5.98. The van der Waals surface area contributed by atoms with Crippen molar-refractivity contribution in [1.82, 2.24) is 4.90 Å². The molecule has 2 fully saturated rings. The fourth-order valence-corrected chi connectivity index (χ4v) is 3.13. The maximum atomic E-state index is 12.1. The van der Waals surface area contributed by atoms with Crippen LogP contribution in [0.3, 0.4) is 0 Å². The van der Waals surface area contributed by atoms with E-state index in [-0.39, 0.29) is 30.4 Å². The molecule has 0 unspecified atom stereocenters. The lowest BCUT2D eigenvalue weighted by atomic mass is 9.98. The zero-order valence-electron chi connectivity index (χ0n) is 13.1. The first-order valence-electron chi connectivity index (χ1n) is 8.26. The van der Waals surface area contributed by atoms with Crippen LogP contribution in [0.15, 0.2) is 24.3 Å². The molecule has 1 heterocycles. The van der Waals surface area contributed by atoms with E-state index in [4.69, 9.17) is 4.74 Å². The average Bonchev–Trinajstić information content (AvgIpc) is 2.88. The van der Waals surface area contributed by atoms with Gasteiger partial charge in [-0.15, -0.1) is 0 Å². The van der Waals surface area contributed by atoms with Crippen LogP contribution < -0.4 is 0 Å². The van der Waals surface area contributed by atoms with E-state index in [9.17, 15) is 14.4 Å². The summed E-state index contributed by atoms with van der Waals surface area (Å²) >= 11 is 0. The summed E-state index contributed by atoms with van der Waals surface area (Å²) in [5.41, 5.74) is 1.35. The van der Waals surface area contributed by atoms with E-state index in [0.717, 1.165) is 31.2 Å². The lowest BCUT2D eigenvalue weighted by molar-refractivity contribution is -0.139. The van der Waals surface area contributed by atoms with Crippen molar-refractivity contribution >= 4 is 17.8 Å². The Morgan fingerprint density at radius 1 is 1.00 bits per heavy atom. The molecule has 1 aliphatic heterocycles. The van der Waals surface area contributed by atoms with E-state index in [1.165, 1.54) is 11.3 Å². The van der Waals surface area contributed by atoms with Crippen LogP contribution in [0.4, 0.5) is 0 Å². The van der Waals surface area contributed by atoms with Crippen LogP contribution in [-0.2, 0) is 20.9 Å². The van der Waals surface area contributed by atoms with Gasteiger partial charge in [-0.05, 0) is 43.4 Å². The van der Waals surface area contributed by atoms with Crippen LogP contribution in [0.5, 0.6) is 0 Å². The van der Waals surface area contributed by atoms with Gasteiger partial charge in [0.2, 0.25) is 11.8 Å². The summed E-state index contributed by atoms with van der Waals surface area (Å²) in [4.78, 5) is 36.6. The van der Waals surface area contributed by atoms with E-state index in [1.807, 2.05) is 0 Å². The average molecular weight is 315 g/mol. The van der Waals surface area contributed by atoms with Gasteiger partial charge in [0.25, 0.3) is 0 Å². The Morgan fingerprint density at radius 2 is 1.61 bits per heavy atom. The molecule has 0 aromatic heterocycles. The molecule has 1 aromatic rings. The highest BCUT2D eigenvalue weighted by Crippen LogP contribution is 2.22. The molecule has 122 valence electrons. The number of nitrogens with zero attached hydrogens (tertiary/aromatic N) is 1. The first-order chi connectivity index (χ1) is 11.1. The molecule has 0 spiro atoms. The molecule has 1 aliphatic carbocycles. The Morgan fingerprint density at radius 3 is 2.22 bits per heavy atom. The smallest absolute Gasteiger partial charge is 0.338 e. The minimum atomic E-state index is -0.295. The van der Waals surface area contributed by atoms with Crippen LogP contribution in [0.2, 0.25) is 0 Å². The molecule has 0 N–H and O–H groups in total. The number of hydrogen-bond donors (Lipinski definition) is 0. The molecule has 5 heteroatoms. The van der Waals surface area contributed by atoms with E-state index < -0.39 is 0 Å². The van der Waals surface area contributed by atoms with Gasteiger partial charge in [-0.25, -0.2) is 4.79 Å². The number of esters is 1. The summed E-state index contributed by atoms with van der Waals surface area (Å²) in [5, 5.41) is 0. The number of hydrogen-bond acceptors (Lipinski definition) is 4. The van der Waals surface area contributed by atoms with Gasteiger partial charge in [0, 0.05) is 12.8 Å². The third-order valence-corrected chi connectivity index (χ3v) is 4.51. The molecular formula is C18H21NO4. The van der Waals surface area contributed by atoms with Crippen LogP contribution >= 0.6 is 0 Å². The van der Waals surface area contributed by atoms with Crippen LogP contribution in [-0.4, -0.2) is 28.8 Å². The van der Waals surface area contributed by atoms with E-state index >= 15 is 0 Å². The van der Waals surface area contributed by atoms with Crippen LogP contribution in [0.1, 0.15) is 60.9 Å². The third kappa shape index (κ3) is 3.78. The number of ether oxygens (including phenoxy) is 1. The van der Waals surface area contributed by atoms with Gasteiger partial charge in [-0.2, -0.15) is 0 Å². The minimum Gasteiger partial charge on any atom is -0.459 e. The van der Waals surface area contributed by atoms with Gasteiger partial charge in [0.05, 0.1) is 12.1 Å². The number of imide groups is 1. The normalized spacial score (nSPS) is 19.2. The van der Waals surface area contributed by atoms with Crippen molar-refractivity contribution in [3.8, 4) is 0 Å². The maximum absolute atomic E-state index is 12.1. The largest absolute Gasteiger partial charge is 0.459 e. The molecule has 3 rings (SSSR count). The zero-order valence-corrected chi connectivity index (χ0v) is 13.1. The van der Waals surface area contributed by atoms with Crippen molar-refractivity contribution in [2.75, 3.05) is 0 Å². The second kappa shape index (κ2) is 6.94. The Bertz CT molecular complexity index is 586. The SMILES string of the molecule is O=C(OC1CCCCC1)c1ccc(CN2C(=O)CCC2=O)cc1. The predicted octanol–water partition coefficient (Wildman–Crippen LogP) is 2.83. The number of carbonyl (C=O) groups is 3. The Balaban J connectivity index is 1.59. The number of rotatable bonds is 4. The first kappa shape index (κ1) is 15.7. The molecule has 2 amide bonds. The minimum absolute atomic E-state index is 0.0377. The summed E-state index contributed by atoms with van der Waals surface area (Å²) < 4.78 is 5.53. The highest BCUT2D eigenvalue weighted by Gasteiger charge is 2.28. The monoisotopic (exact) mass is 315 g/mol. The van der Waals surface area contributed by atoms with Crippen molar-refractivity contribution in [2.45, 2.75) is 57.6 Å². The van der Waals surface area contributed by atoms with Gasteiger partial charge in [0.15, 0.2) is 0 Å². The van der Waals surface area contributed by atoms with Crippen molar-refractivity contribution in [3.05, 3.63) is 35.4 Å². The number of likely N-dealkylation sites (tertiary alicyclic amines) is 1. The summed E-state index contributed by atoms with van der Waals surface area (Å²) in [7, 11) is 0. The number of carbonyl (C=O) groups excluding carboxylic acids is 3. The van der Waals surface area contributed by atoms with Gasteiger partial charge in [-0.3, -0.25) is 14.5 Å². The van der Waals surface area contributed by atoms with Gasteiger partial charge < -0.3 is 4.74 Å². The topological polar surface area (TPSA) is 63.7 Å². The summed E-state index contributed by atoms with van der Waals surface area (Å²) in [6, 6.07) is 6.95. The highest BCUT2D eigenvalue weighted by atomic mass is 16.5. The molecule has 5 nitrogen and oxygen atoms in total. The standard InChI is InChI=1S/C18H21NO4/c20-16-10-11-17(21)19(16)12-13-6-8-14(9-7-13)18(22)23-15-4-2-1-3-5-15/h6-9,15H,1-5,10-12H2. The van der Waals surface area contributed by atoms with E-state index in [1.54, 1.807) is 24.3 Å². The fraction of sp³-hybridized carbons (Fsp3) is 0.500. The van der Waals surface area contributed by atoms with Crippen LogP contribution in [0, 0.1) is 0 Å². The molecule has 1 aromatic carbocycles. The Hall–Kier alpha value is -2.17. The fourth-order valence-electron chi connectivity index (χ4n) is 3.13. The molecule has 1 saturated heterocycles. The van der Waals surface area contributed by atoms with E-state index in [2.05, 4.69) is 0 Å². The first-order valence-corrected chi connectivity index (χ1v) is 8.26. The summed E-state index contributed by atoms with van der Waals surface area (Å²) in [6.45, 7) is 0.273. The van der Waals surface area contributed by atoms with Gasteiger partial charge in [0.1, 0.15) is 6.10 Å². The van der Waals surface area contributed by atoms with Crippen molar-refractivity contribution in [2.24, 2.45) is 0 Å². The van der Waals surface area contributed by atoms with Crippen LogP contribution in [0.25, 0.3) is 0 Å². The third-order valence-electron chi connectivity index (χ3n) is 4.51. The molecule has 0 atom stereocenters. The number of amides is 2. The molecule has 0 bridgehead atoms. The predicted molar refractivity (Wildman–Crippen MR) is 83.5 cm³/mol. The Labute approximate surface area is 135 Å². The van der Waals surface area contributed by atoms with Gasteiger partial charge in [-0.1, -0.05) is 18.6 Å². The highest BCUT2D eigenvalue weighted by molar-refractivity contribution is 6.01. The quantitative estimate of drug-likeness (QED) is 0.633. The lowest BCUT2D eigenvalue weighted by Gasteiger charge is -2.21. The second-order valence-electron chi connectivity index (χ2n) is 6.24. The molecular weight excluding hydrogens is 294 g/mol. The molecule has 1 saturated carbocycles. The van der Waals surface area contributed by atoms with Gasteiger partial charge >= 0.3 is 5.97 Å². The Kier molecular flexibility index (Phi) is 4.74. The number of benzene rings is 1. The maximum Gasteiger partial charge on any atom is 0.338 e. The van der Waals surface area contributed by atoms with Crippen molar-refractivity contribution < 1.29 is 19.1 Å². The lowest BCUT2D eigenvalue weighted by Crippen LogP contribution is -2.28. The van der Waals surface area contributed by atoms with Crippen molar-refractivity contribution in [3.63, 3.8) is 0 Å². The van der Waals surface area contributed by atoms with E-state index in [0.29, 0.717) is 18.4 Å². The zero-order chi connectivity index (χ0) is 16.2. The molecule has 2 aliphatic rings. The molecule has 23 heavy (non-hydrogen) atoms. The second-order valence-corrected chi connectivity index (χ2v) is 6.24.